The minimum Gasteiger partial charge on any atom is -0.481 e. The molecule has 0 aromatic carbocycles. The van der Waals surface area contributed by atoms with Gasteiger partial charge >= 0.3 is 5.97 Å². The second-order valence-corrected chi connectivity index (χ2v) is 7.33. The van der Waals surface area contributed by atoms with Gasteiger partial charge in [0.1, 0.15) is 0 Å². The summed E-state index contributed by atoms with van der Waals surface area (Å²) in [5.74, 6) is -0.887. The molecule has 1 unspecified atom stereocenters. The number of carboxylic acid groups (broad SMARTS) is 1. The number of carbonyl (C=O) groups is 2. The third kappa shape index (κ3) is 4.12. The lowest BCUT2D eigenvalue weighted by molar-refractivity contribution is -0.137. The van der Waals surface area contributed by atoms with Crippen LogP contribution in [0.2, 0.25) is 0 Å². The molecule has 1 aliphatic rings. The van der Waals surface area contributed by atoms with Crippen molar-refractivity contribution in [2.75, 3.05) is 6.54 Å². The summed E-state index contributed by atoms with van der Waals surface area (Å²) in [6.45, 7) is 8.80. The summed E-state index contributed by atoms with van der Waals surface area (Å²) in [5.41, 5.74) is 1.24. The molecule has 23 heavy (non-hydrogen) atoms. The number of carbonyl (C=O) groups excluding carboxylic acids is 1. The van der Waals surface area contributed by atoms with Gasteiger partial charge in [0, 0.05) is 24.7 Å². The van der Waals surface area contributed by atoms with Crippen LogP contribution >= 0.6 is 0 Å². The molecule has 1 amide bonds. The Morgan fingerprint density at radius 1 is 1.35 bits per heavy atom. The normalized spacial score (nSPS) is 19.0. The first-order chi connectivity index (χ1) is 10.7. The van der Waals surface area contributed by atoms with E-state index in [4.69, 9.17) is 5.11 Å². The van der Waals surface area contributed by atoms with Gasteiger partial charge < -0.3 is 10.0 Å². The fourth-order valence-electron chi connectivity index (χ4n) is 3.26. The zero-order chi connectivity index (χ0) is 17.2. The summed E-state index contributed by atoms with van der Waals surface area (Å²) in [4.78, 5) is 25.5. The highest BCUT2D eigenvalue weighted by molar-refractivity contribution is 5.92. The van der Waals surface area contributed by atoms with Crippen LogP contribution in [0.15, 0.2) is 6.07 Å². The van der Waals surface area contributed by atoms with Gasteiger partial charge in [-0.3, -0.25) is 14.3 Å². The van der Waals surface area contributed by atoms with E-state index in [2.05, 4.69) is 25.9 Å². The molecule has 2 heterocycles. The van der Waals surface area contributed by atoms with E-state index >= 15 is 0 Å². The topological polar surface area (TPSA) is 75.4 Å². The van der Waals surface area contributed by atoms with Crippen molar-refractivity contribution >= 4 is 11.9 Å². The maximum absolute atomic E-state index is 12.8. The van der Waals surface area contributed by atoms with Gasteiger partial charge in [0.05, 0.1) is 5.54 Å². The first kappa shape index (κ1) is 17.5. The highest BCUT2D eigenvalue weighted by atomic mass is 16.4. The zero-order valence-electron chi connectivity index (χ0n) is 14.5. The molecule has 0 bridgehead atoms. The number of hydrogen-bond acceptors (Lipinski definition) is 3. The van der Waals surface area contributed by atoms with Crippen molar-refractivity contribution in [2.24, 2.45) is 0 Å². The minimum atomic E-state index is -0.809. The molecule has 1 saturated heterocycles. The Hall–Kier alpha value is -1.85. The predicted molar refractivity (Wildman–Crippen MR) is 87.5 cm³/mol. The van der Waals surface area contributed by atoms with Crippen molar-refractivity contribution in [1.29, 1.82) is 0 Å². The molecule has 1 fully saturated rings. The number of hydrogen-bond donors (Lipinski definition) is 1. The van der Waals surface area contributed by atoms with Gasteiger partial charge in [-0.05, 0) is 59.4 Å². The maximum atomic E-state index is 12.8. The standard InChI is InChI=1S/C17H27N3O3/c1-12-11-14(18-20(12)17(2,3)4)16(23)19-10-6-5-7-13(19)8-9-15(21)22/h11,13H,5-10H2,1-4H3,(H,21,22). The van der Waals surface area contributed by atoms with E-state index in [1.54, 1.807) is 0 Å². The van der Waals surface area contributed by atoms with Crippen molar-refractivity contribution in [3.63, 3.8) is 0 Å². The number of aliphatic carboxylic acids is 1. The van der Waals surface area contributed by atoms with Crippen molar-refractivity contribution in [1.82, 2.24) is 14.7 Å². The Balaban J connectivity index is 2.18. The third-order valence-corrected chi connectivity index (χ3v) is 4.32. The average Bonchev–Trinajstić information content (AvgIpc) is 2.86. The zero-order valence-corrected chi connectivity index (χ0v) is 14.5. The molecule has 1 aromatic heterocycles. The van der Waals surface area contributed by atoms with E-state index in [1.165, 1.54) is 0 Å². The van der Waals surface area contributed by atoms with Crippen molar-refractivity contribution in [2.45, 2.75) is 71.4 Å². The van der Waals surface area contributed by atoms with Crippen LogP contribution in [0.5, 0.6) is 0 Å². The van der Waals surface area contributed by atoms with Crippen LogP contribution in [0.3, 0.4) is 0 Å². The first-order valence-corrected chi connectivity index (χ1v) is 8.30. The minimum absolute atomic E-state index is 0.00689. The number of aryl methyl sites for hydroxylation is 1. The lowest BCUT2D eigenvalue weighted by Gasteiger charge is -2.35. The number of likely N-dealkylation sites (tertiary alicyclic amines) is 1. The Morgan fingerprint density at radius 3 is 2.61 bits per heavy atom. The summed E-state index contributed by atoms with van der Waals surface area (Å²) in [6.07, 6.45) is 3.50. The first-order valence-electron chi connectivity index (χ1n) is 8.30. The number of rotatable bonds is 4. The molecule has 0 saturated carbocycles. The Kier molecular flexibility index (Phi) is 5.12. The molecule has 6 nitrogen and oxygen atoms in total. The molecule has 2 rings (SSSR count). The SMILES string of the molecule is Cc1cc(C(=O)N2CCCCC2CCC(=O)O)nn1C(C)(C)C. The highest BCUT2D eigenvalue weighted by Gasteiger charge is 2.30. The van der Waals surface area contributed by atoms with E-state index in [0.29, 0.717) is 18.7 Å². The number of piperidine rings is 1. The molecule has 1 aliphatic heterocycles. The van der Waals surface area contributed by atoms with E-state index in [9.17, 15) is 9.59 Å². The monoisotopic (exact) mass is 321 g/mol. The van der Waals surface area contributed by atoms with Crippen molar-refractivity contribution in [3.8, 4) is 0 Å². The summed E-state index contributed by atoms with van der Waals surface area (Å²) in [5, 5.41) is 13.4. The van der Waals surface area contributed by atoms with Crippen LogP contribution < -0.4 is 0 Å². The molecule has 0 spiro atoms. The largest absolute Gasteiger partial charge is 0.481 e. The van der Waals surface area contributed by atoms with Crippen LogP contribution in [0.1, 0.15) is 69.1 Å². The second-order valence-electron chi connectivity index (χ2n) is 7.33. The predicted octanol–water partition coefficient (Wildman–Crippen LogP) is 2.81. The van der Waals surface area contributed by atoms with Gasteiger partial charge in [-0.1, -0.05) is 0 Å². The smallest absolute Gasteiger partial charge is 0.303 e. The Morgan fingerprint density at radius 2 is 2.04 bits per heavy atom. The van der Waals surface area contributed by atoms with Gasteiger partial charge in [-0.2, -0.15) is 5.10 Å². The van der Waals surface area contributed by atoms with Crippen LogP contribution in [0.25, 0.3) is 0 Å². The summed E-state index contributed by atoms with van der Waals surface area (Å²) in [7, 11) is 0. The lowest BCUT2D eigenvalue weighted by Crippen LogP contribution is -2.44. The number of amides is 1. The molecular weight excluding hydrogens is 294 g/mol. The summed E-state index contributed by atoms with van der Waals surface area (Å²) in [6, 6.07) is 1.84. The Bertz CT molecular complexity index is 586. The quantitative estimate of drug-likeness (QED) is 0.925. The van der Waals surface area contributed by atoms with Gasteiger partial charge in [0.25, 0.3) is 5.91 Å². The van der Waals surface area contributed by atoms with E-state index in [-0.39, 0.29) is 23.9 Å². The fourth-order valence-corrected chi connectivity index (χ4v) is 3.26. The lowest BCUT2D eigenvalue weighted by atomic mass is 9.97. The Labute approximate surface area is 137 Å². The molecule has 1 aromatic rings. The van der Waals surface area contributed by atoms with Crippen LogP contribution in [-0.2, 0) is 10.3 Å². The molecule has 1 atom stereocenters. The number of carboxylic acids is 1. The van der Waals surface area contributed by atoms with E-state index in [0.717, 1.165) is 25.0 Å². The van der Waals surface area contributed by atoms with Crippen molar-refractivity contribution < 1.29 is 14.7 Å². The summed E-state index contributed by atoms with van der Waals surface area (Å²) < 4.78 is 1.87. The molecule has 0 aliphatic carbocycles. The van der Waals surface area contributed by atoms with Gasteiger partial charge in [0.15, 0.2) is 5.69 Å². The third-order valence-electron chi connectivity index (χ3n) is 4.32. The van der Waals surface area contributed by atoms with Gasteiger partial charge in [-0.25, -0.2) is 0 Å². The average molecular weight is 321 g/mol. The molecule has 1 N–H and O–H groups in total. The number of nitrogens with zero attached hydrogens (tertiary/aromatic N) is 3. The number of aromatic nitrogens is 2. The second kappa shape index (κ2) is 6.72. The molecule has 128 valence electrons. The maximum Gasteiger partial charge on any atom is 0.303 e. The summed E-state index contributed by atoms with van der Waals surface area (Å²) >= 11 is 0. The van der Waals surface area contributed by atoms with E-state index in [1.807, 2.05) is 22.6 Å². The van der Waals surface area contributed by atoms with E-state index < -0.39 is 5.97 Å². The molecule has 0 radical (unpaired) electrons. The van der Waals surface area contributed by atoms with Gasteiger partial charge in [0.2, 0.25) is 0 Å². The van der Waals surface area contributed by atoms with Crippen LogP contribution in [0.4, 0.5) is 0 Å². The molecule has 6 heteroatoms. The molecular formula is C17H27N3O3. The van der Waals surface area contributed by atoms with Crippen LogP contribution in [-0.4, -0.2) is 44.3 Å². The fraction of sp³-hybridized carbons (Fsp3) is 0.706. The van der Waals surface area contributed by atoms with Crippen molar-refractivity contribution in [3.05, 3.63) is 17.5 Å². The van der Waals surface area contributed by atoms with Crippen LogP contribution in [0, 0.1) is 6.92 Å². The van der Waals surface area contributed by atoms with Gasteiger partial charge in [-0.15, -0.1) is 0 Å². The highest BCUT2D eigenvalue weighted by Crippen LogP contribution is 2.24.